The minimum absolute atomic E-state index is 0.180. The molecular formula is C27H31N3O3S. The van der Waals surface area contributed by atoms with Crippen LogP contribution in [0.1, 0.15) is 65.3 Å². The van der Waals surface area contributed by atoms with E-state index >= 15 is 0 Å². The maximum Gasteiger partial charge on any atom is 0.259 e. The number of para-hydroxylation sites is 2. The Morgan fingerprint density at radius 3 is 2.62 bits per heavy atom. The Labute approximate surface area is 204 Å². The molecule has 34 heavy (non-hydrogen) atoms. The Morgan fingerprint density at radius 1 is 1.12 bits per heavy atom. The van der Waals surface area contributed by atoms with Crippen molar-refractivity contribution in [1.82, 2.24) is 4.98 Å². The zero-order valence-electron chi connectivity index (χ0n) is 20.1. The van der Waals surface area contributed by atoms with Crippen molar-refractivity contribution in [3.05, 3.63) is 70.4 Å². The number of anilines is 2. The molecule has 2 amide bonds. The van der Waals surface area contributed by atoms with Gasteiger partial charge >= 0.3 is 0 Å². The van der Waals surface area contributed by atoms with E-state index in [1.807, 2.05) is 31.2 Å². The minimum Gasteiger partial charge on any atom is -0.492 e. The number of thiophene rings is 1. The molecule has 0 saturated heterocycles. The third kappa shape index (κ3) is 5.14. The first-order valence-corrected chi connectivity index (χ1v) is 12.5. The highest BCUT2D eigenvalue weighted by molar-refractivity contribution is 7.17. The molecular weight excluding hydrogens is 446 g/mol. The largest absolute Gasteiger partial charge is 0.492 e. The van der Waals surface area contributed by atoms with Crippen molar-refractivity contribution >= 4 is 33.8 Å². The fourth-order valence-electron chi connectivity index (χ4n) is 4.36. The van der Waals surface area contributed by atoms with Gasteiger partial charge in [0.15, 0.2) is 0 Å². The second-order valence-electron chi connectivity index (χ2n) is 9.59. The van der Waals surface area contributed by atoms with Gasteiger partial charge in [-0.2, -0.15) is 0 Å². The molecule has 2 heterocycles. The fourth-order valence-corrected chi connectivity index (χ4v) is 5.68. The lowest BCUT2D eigenvalue weighted by Gasteiger charge is -2.33. The van der Waals surface area contributed by atoms with Gasteiger partial charge in [-0.15, -0.1) is 11.3 Å². The third-order valence-electron chi connectivity index (χ3n) is 6.30. The summed E-state index contributed by atoms with van der Waals surface area (Å²) in [4.78, 5) is 31.7. The van der Waals surface area contributed by atoms with E-state index < -0.39 is 0 Å². The quantitative estimate of drug-likeness (QED) is 0.443. The van der Waals surface area contributed by atoms with Gasteiger partial charge in [0, 0.05) is 17.3 Å². The molecule has 0 saturated carbocycles. The van der Waals surface area contributed by atoms with Crippen LogP contribution in [0.3, 0.4) is 0 Å². The molecule has 0 radical (unpaired) electrons. The summed E-state index contributed by atoms with van der Waals surface area (Å²) in [6.45, 7) is 9.20. The molecule has 0 aliphatic heterocycles. The van der Waals surface area contributed by atoms with E-state index in [0.29, 0.717) is 40.1 Å². The number of hydrogen-bond acceptors (Lipinski definition) is 5. The SMILES string of the molecule is CCOc1ccccc1NC(=O)c1c(NC(=O)c2cccnc2)sc2c1CC[C@@H](C(C)(C)C)C2. The number of nitrogens with one attached hydrogen (secondary N) is 2. The summed E-state index contributed by atoms with van der Waals surface area (Å²) in [5.41, 5.74) is 2.84. The predicted octanol–water partition coefficient (Wildman–Crippen LogP) is 6.20. The van der Waals surface area contributed by atoms with Crippen LogP contribution in [0.2, 0.25) is 0 Å². The molecule has 1 atom stereocenters. The topological polar surface area (TPSA) is 80.3 Å². The lowest BCUT2D eigenvalue weighted by Crippen LogP contribution is -2.27. The number of benzene rings is 1. The average molecular weight is 478 g/mol. The highest BCUT2D eigenvalue weighted by Gasteiger charge is 2.34. The van der Waals surface area contributed by atoms with Crippen LogP contribution in [0.15, 0.2) is 48.8 Å². The number of carbonyl (C=O) groups excluding carboxylic acids is 2. The first-order chi connectivity index (χ1) is 16.3. The van der Waals surface area contributed by atoms with Crippen molar-refractivity contribution in [3.63, 3.8) is 0 Å². The van der Waals surface area contributed by atoms with Gasteiger partial charge in [0.05, 0.1) is 23.4 Å². The van der Waals surface area contributed by atoms with Crippen LogP contribution in [0.4, 0.5) is 10.7 Å². The number of carbonyl (C=O) groups is 2. The minimum atomic E-state index is -0.275. The molecule has 2 N–H and O–H groups in total. The zero-order valence-corrected chi connectivity index (χ0v) is 20.9. The number of pyridine rings is 1. The van der Waals surface area contributed by atoms with E-state index in [1.54, 1.807) is 18.3 Å². The lowest BCUT2D eigenvalue weighted by molar-refractivity contribution is 0.102. The molecule has 1 aliphatic carbocycles. The predicted molar refractivity (Wildman–Crippen MR) is 137 cm³/mol. The van der Waals surface area contributed by atoms with Crippen LogP contribution in [0.25, 0.3) is 0 Å². The van der Waals surface area contributed by atoms with Crippen LogP contribution in [-0.4, -0.2) is 23.4 Å². The Morgan fingerprint density at radius 2 is 1.91 bits per heavy atom. The highest BCUT2D eigenvalue weighted by atomic mass is 32.1. The van der Waals surface area contributed by atoms with Crippen molar-refractivity contribution in [2.45, 2.75) is 47.0 Å². The Bertz CT molecular complexity index is 1180. The van der Waals surface area contributed by atoms with E-state index in [4.69, 9.17) is 4.74 Å². The summed E-state index contributed by atoms with van der Waals surface area (Å²) >= 11 is 1.51. The summed E-state index contributed by atoms with van der Waals surface area (Å²) in [6, 6.07) is 10.8. The van der Waals surface area contributed by atoms with Gasteiger partial charge < -0.3 is 15.4 Å². The summed E-state index contributed by atoms with van der Waals surface area (Å²) < 4.78 is 5.68. The standard InChI is InChI=1S/C27H31N3O3S/c1-5-33-21-11-7-6-10-20(21)29-25(32)23-19-13-12-18(27(2,3)4)15-22(19)34-26(23)30-24(31)17-9-8-14-28-16-17/h6-11,14,16,18H,5,12-13,15H2,1-4H3,(H,29,32)(H,30,31)/t18-/m1/s1. The number of ether oxygens (including phenoxy) is 1. The van der Waals surface area contributed by atoms with Crippen LogP contribution in [0, 0.1) is 11.3 Å². The first-order valence-electron chi connectivity index (χ1n) is 11.7. The van der Waals surface area contributed by atoms with Crippen molar-refractivity contribution < 1.29 is 14.3 Å². The Hall–Kier alpha value is -3.19. The molecule has 1 aliphatic rings. The fraction of sp³-hybridized carbons (Fsp3) is 0.370. The van der Waals surface area contributed by atoms with E-state index in [0.717, 1.165) is 24.8 Å². The van der Waals surface area contributed by atoms with Gasteiger partial charge in [-0.05, 0) is 67.3 Å². The van der Waals surface area contributed by atoms with Crippen LogP contribution in [-0.2, 0) is 12.8 Å². The first kappa shape index (κ1) is 24.0. The molecule has 0 fully saturated rings. The van der Waals surface area contributed by atoms with Gasteiger partial charge in [0.2, 0.25) is 0 Å². The summed E-state index contributed by atoms with van der Waals surface area (Å²) in [5, 5.41) is 6.60. The summed E-state index contributed by atoms with van der Waals surface area (Å²) in [5.74, 6) is 0.634. The molecule has 178 valence electrons. The molecule has 0 spiro atoms. The lowest BCUT2D eigenvalue weighted by atomic mass is 9.72. The number of amides is 2. The van der Waals surface area contributed by atoms with E-state index in [9.17, 15) is 9.59 Å². The molecule has 1 aromatic carbocycles. The van der Waals surface area contributed by atoms with Crippen LogP contribution >= 0.6 is 11.3 Å². The molecule has 0 bridgehead atoms. The Kier molecular flexibility index (Phi) is 7.03. The smallest absolute Gasteiger partial charge is 0.259 e. The van der Waals surface area contributed by atoms with E-state index in [2.05, 4.69) is 36.4 Å². The second kappa shape index (κ2) is 9.97. The average Bonchev–Trinajstić information content (AvgIpc) is 3.17. The number of hydrogen-bond donors (Lipinski definition) is 2. The number of rotatable bonds is 6. The van der Waals surface area contributed by atoms with Gasteiger partial charge in [0.25, 0.3) is 11.8 Å². The molecule has 6 nitrogen and oxygen atoms in total. The second-order valence-corrected chi connectivity index (χ2v) is 10.7. The molecule has 0 unspecified atom stereocenters. The number of aromatic nitrogens is 1. The summed E-state index contributed by atoms with van der Waals surface area (Å²) in [6.07, 6.45) is 5.88. The highest BCUT2D eigenvalue weighted by Crippen LogP contribution is 2.44. The van der Waals surface area contributed by atoms with Crippen molar-refractivity contribution in [1.29, 1.82) is 0 Å². The van der Waals surface area contributed by atoms with Crippen LogP contribution in [0.5, 0.6) is 5.75 Å². The van der Waals surface area contributed by atoms with Gasteiger partial charge in [-0.3, -0.25) is 14.6 Å². The number of nitrogens with zero attached hydrogens (tertiary/aromatic N) is 1. The number of fused-ring (bicyclic) bond motifs is 1. The van der Waals surface area contributed by atoms with Gasteiger partial charge in [-0.1, -0.05) is 32.9 Å². The maximum absolute atomic E-state index is 13.6. The summed E-state index contributed by atoms with van der Waals surface area (Å²) in [7, 11) is 0. The van der Waals surface area contributed by atoms with Gasteiger partial charge in [0.1, 0.15) is 10.8 Å². The zero-order chi connectivity index (χ0) is 24.3. The normalized spacial score (nSPS) is 15.4. The Balaban J connectivity index is 1.69. The van der Waals surface area contributed by atoms with Crippen molar-refractivity contribution in [3.8, 4) is 5.75 Å². The molecule has 4 rings (SSSR count). The molecule has 7 heteroatoms. The van der Waals surface area contributed by atoms with E-state index in [-0.39, 0.29) is 17.2 Å². The monoisotopic (exact) mass is 477 g/mol. The van der Waals surface area contributed by atoms with Crippen molar-refractivity contribution in [2.24, 2.45) is 11.3 Å². The van der Waals surface area contributed by atoms with Gasteiger partial charge in [-0.25, -0.2) is 0 Å². The maximum atomic E-state index is 13.6. The van der Waals surface area contributed by atoms with E-state index in [1.165, 1.54) is 22.4 Å². The van der Waals surface area contributed by atoms with Crippen LogP contribution < -0.4 is 15.4 Å². The molecule has 3 aromatic rings. The van der Waals surface area contributed by atoms with Crippen molar-refractivity contribution in [2.75, 3.05) is 17.2 Å². The molecule has 2 aromatic heterocycles. The third-order valence-corrected chi connectivity index (χ3v) is 7.47.